The van der Waals surface area contributed by atoms with Gasteiger partial charge in [0.1, 0.15) is 5.69 Å². The van der Waals surface area contributed by atoms with Crippen LogP contribution >= 0.6 is 0 Å². The summed E-state index contributed by atoms with van der Waals surface area (Å²) in [6.45, 7) is 7.20. The van der Waals surface area contributed by atoms with Crippen molar-refractivity contribution in [2.45, 2.75) is 39.7 Å². The third-order valence-electron chi connectivity index (χ3n) is 4.28. The first kappa shape index (κ1) is 18.9. The van der Waals surface area contributed by atoms with Crippen LogP contribution in [0.25, 0.3) is 0 Å². The lowest BCUT2D eigenvalue weighted by molar-refractivity contribution is 0.0934. The summed E-state index contributed by atoms with van der Waals surface area (Å²) >= 11 is 0. The van der Waals surface area contributed by atoms with E-state index in [1.807, 2.05) is 39.0 Å². The number of carbonyl (C=O) groups is 1. The van der Waals surface area contributed by atoms with Crippen molar-refractivity contribution in [2.75, 3.05) is 13.2 Å². The third kappa shape index (κ3) is 4.87. The highest BCUT2D eigenvalue weighted by atomic mass is 16.5. The Hall–Kier alpha value is -2.83. The molecule has 0 aliphatic carbocycles. The molecule has 2 aromatic rings. The quantitative estimate of drug-likeness (QED) is 0.843. The van der Waals surface area contributed by atoms with Gasteiger partial charge in [-0.3, -0.25) is 4.79 Å². The molecule has 3 rings (SSSR count). The van der Waals surface area contributed by atoms with Crippen LogP contribution in [0.5, 0.6) is 11.5 Å². The number of H-pyrrole nitrogens is 1. The maximum atomic E-state index is 12.6. The molecule has 0 saturated carbocycles. The van der Waals surface area contributed by atoms with E-state index in [0.29, 0.717) is 42.7 Å². The number of aromatic amines is 1. The van der Waals surface area contributed by atoms with Gasteiger partial charge in [-0.05, 0) is 43.0 Å². The van der Waals surface area contributed by atoms with Crippen molar-refractivity contribution in [2.24, 2.45) is 5.92 Å². The highest BCUT2D eigenvalue weighted by Crippen LogP contribution is 2.32. The Balaban J connectivity index is 1.75. The van der Waals surface area contributed by atoms with Gasteiger partial charge in [0, 0.05) is 12.1 Å². The Morgan fingerprint density at radius 3 is 2.67 bits per heavy atom. The monoisotopic (exact) mass is 371 g/mol. The standard InChI is InChI=1S/C20H25N3O4/c1-12(2)9-15-11-16(23-20(25)22-15)19(24)21-13(3)14-5-6-17-18(10-14)27-8-4-7-26-17/h5-6,10-13H,4,7-9H2,1-3H3,(H,21,24)(H,22,23,25). The summed E-state index contributed by atoms with van der Waals surface area (Å²) in [6.07, 6.45) is 1.51. The van der Waals surface area contributed by atoms with Crippen molar-refractivity contribution < 1.29 is 14.3 Å². The molecule has 27 heavy (non-hydrogen) atoms. The Bertz CT molecular complexity index is 876. The SMILES string of the molecule is CC(C)Cc1cc(C(=O)NC(C)c2ccc3c(c2)OCCCO3)nc(=O)[nH]1. The van der Waals surface area contributed by atoms with Gasteiger partial charge in [0.15, 0.2) is 11.5 Å². The molecular formula is C20H25N3O4. The van der Waals surface area contributed by atoms with Crippen LogP contribution in [0, 0.1) is 5.92 Å². The second-order valence-corrected chi connectivity index (χ2v) is 7.15. The molecule has 1 amide bonds. The zero-order valence-electron chi connectivity index (χ0n) is 15.9. The molecule has 144 valence electrons. The van der Waals surface area contributed by atoms with Crippen molar-refractivity contribution in [1.29, 1.82) is 0 Å². The second-order valence-electron chi connectivity index (χ2n) is 7.15. The van der Waals surface area contributed by atoms with Crippen LogP contribution in [-0.2, 0) is 6.42 Å². The third-order valence-corrected chi connectivity index (χ3v) is 4.28. The van der Waals surface area contributed by atoms with Crippen LogP contribution in [-0.4, -0.2) is 29.1 Å². The molecule has 0 saturated heterocycles. The summed E-state index contributed by atoms with van der Waals surface area (Å²) in [5.74, 6) is 1.37. The Morgan fingerprint density at radius 2 is 1.93 bits per heavy atom. The minimum Gasteiger partial charge on any atom is -0.490 e. The fraction of sp³-hybridized carbons (Fsp3) is 0.450. The molecule has 7 nitrogen and oxygen atoms in total. The lowest BCUT2D eigenvalue weighted by Crippen LogP contribution is -2.30. The highest BCUT2D eigenvalue weighted by Gasteiger charge is 2.17. The van der Waals surface area contributed by atoms with Crippen LogP contribution < -0.4 is 20.5 Å². The number of hydrogen-bond acceptors (Lipinski definition) is 5. The molecule has 1 aliphatic heterocycles. The Morgan fingerprint density at radius 1 is 1.19 bits per heavy atom. The number of fused-ring (bicyclic) bond motifs is 1. The molecular weight excluding hydrogens is 346 g/mol. The van der Waals surface area contributed by atoms with E-state index in [9.17, 15) is 9.59 Å². The van der Waals surface area contributed by atoms with Crippen molar-refractivity contribution in [1.82, 2.24) is 15.3 Å². The fourth-order valence-corrected chi connectivity index (χ4v) is 2.98. The molecule has 0 fully saturated rings. The van der Waals surface area contributed by atoms with Crippen LogP contribution in [0.3, 0.4) is 0 Å². The second kappa shape index (κ2) is 8.24. The molecule has 2 N–H and O–H groups in total. The van der Waals surface area contributed by atoms with E-state index < -0.39 is 5.69 Å². The lowest BCUT2D eigenvalue weighted by atomic mass is 10.1. The molecule has 7 heteroatoms. The van der Waals surface area contributed by atoms with E-state index in [-0.39, 0.29) is 17.6 Å². The average molecular weight is 371 g/mol. The molecule has 1 aromatic carbocycles. The number of nitrogens with zero attached hydrogens (tertiary/aromatic N) is 1. The van der Waals surface area contributed by atoms with Crippen molar-refractivity contribution in [3.8, 4) is 11.5 Å². The summed E-state index contributed by atoms with van der Waals surface area (Å²) in [5, 5.41) is 2.89. The van der Waals surface area contributed by atoms with Crippen LogP contribution in [0.4, 0.5) is 0 Å². The zero-order valence-corrected chi connectivity index (χ0v) is 15.9. The van der Waals surface area contributed by atoms with Gasteiger partial charge in [0.25, 0.3) is 5.91 Å². The van der Waals surface area contributed by atoms with E-state index in [4.69, 9.17) is 9.47 Å². The normalized spacial score (nSPS) is 14.5. The molecule has 0 bridgehead atoms. The summed E-state index contributed by atoms with van der Waals surface area (Å²) in [4.78, 5) is 30.8. The van der Waals surface area contributed by atoms with E-state index in [2.05, 4.69) is 15.3 Å². The Kier molecular flexibility index (Phi) is 5.78. The number of rotatable bonds is 5. The largest absolute Gasteiger partial charge is 0.490 e. The minimum atomic E-state index is -0.512. The average Bonchev–Trinajstić information content (AvgIpc) is 2.85. The highest BCUT2D eigenvalue weighted by molar-refractivity contribution is 5.92. The maximum absolute atomic E-state index is 12.6. The number of benzene rings is 1. The van der Waals surface area contributed by atoms with Crippen molar-refractivity contribution in [3.05, 3.63) is 51.7 Å². The van der Waals surface area contributed by atoms with Crippen molar-refractivity contribution >= 4 is 5.91 Å². The van der Waals surface area contributed by atoms with Gasteiger partial charge in [-0.1, -0.05) is 19.9 Å². The fourth-order valence-electron chi connectivity index (χ4n) is 2.98. The van der Waals surface area contributed by atoms with Gasteiger partial charge < -0.3 is 19.8 Å². The number of amides is 1. The predicted molar refractivity (Wildman–Crippen MR) is 101 cm³/mol. The summed E-state index contributed by atoms with van der Waals surface area (Å²) in [5.41, 5.74) is 1.20. The van der Waals surface area contributed by atoms with Crippen LogP contribution in [0.15, 0.2) is 29.1 Å². The number of hydrogen-bond donors (Lipinski definition) is 2. The summed E-state index contributed by atoms with van der Waals surface area (Å²) in [6, 6.07) is 6.99. The molecule has 1 aromatic heterocycles. The maximum Gasteiger partial charge on any atom is 0.345 e. The van der Waals surface area contributed by atoms with E-state index >= 15 is 0 Å². The van der Waals surface area contributed by atoms with Gasteiger partial charge >= 0.3 is 5.69 Å². The molecule has 2 heterocycles. The minimum absolute atomic E-state index is 0.121. The summed E-state index contributed by atoms with van der Waals surface area (Å²) < 4.78 is 11.3. The smallest absolute Gasteiger partial charge is 0.345 e. The van der Waals surface area contributed by atoms with Gasteiger partial charge in [0.2, 0.25) is 0 Å². The topological polar surface area (TPSA) is 93.3 Å². The number of carbonyl (C=O) groups excluding carboxylic acids is 1. The molecule has 0 spiro atoms. The molecule has 1 aliphatic rings. The first-order valence-electron chi connectivity index (χ1n) is 9.23. The van der Waals surface area contributed by atoms with Gasteiger partial charge in [0.05, 0.1) is 19.3 Å². The van der Waals surface area contributed by atoms with Gasteiger partial charge in [-0.15, -0.1) is 0 Å². The first-order valence-corrected chi connectivity index (χ1v) is 9.23. The zero-order chi connectivity index (χ0) is 19.4. The predicted octanol–water partition coefficient (Wildman–Crippen LogP) is 2.62. The Labute approximate surface area is 158 Å². The van der Waals surface area contributed by atoms with Gasteiger partial charge in [-0.25, -0.2) is 4.79 Å². The van der Waals surface area contributed by atoms with E-state index in [1.54, 1.807) is 6.07 Å². The van der Waals surface area contributed by atoms with E-state index in [0.717, 1.165) is 12.0 Å². The van der Waals surface area contributed by atoms with Crippen LogP contribution in [0.2, 0.25) is 0 Å². The summed E-state index contributed by atoms with van der Waals surface area (Å²) in [7, 11) is 0. The number of aromatic nitrogens is 2. The number of ether oxygens (including phenoxy) is 2. The lowest BCUT2D eigenvalue weighted by Gasteiger charge is -2.16. The molecule has 0 radical (unpaired) electrons. The number of nitrogens with one attached hydrogen (secondary N) is 2. The van der Waals surface area contributed by atoms with Gasteiger partial charge in [-0.2, -0.15) is 4.98 Å². The van der Waals surface area contributed by atoms with E-state index in [1.165, 1.54) is 0 Å². The molecule has 1 unspecified atom stereocenters. The van der Waals surface area contributed by atoms with Crippen molar-refractivity contribution in [3.63, 3.8) is 0 Å². The molecule has 1 atom stereocenters. The first-order chi connectivity index (χ1) is 12.9. The van der Waals surface area contributed by atoms with Crippen LogP contribution in [0.1, 0.15) is 55.0 Å².